The molecule has 0 saturated carbocycles. The third-order valence-corrected chi connectivity index (χ3v) is 4.38. The molecule has 0 spiro atoms. The summed E-state index contributed by atoms with van der Waals surface area (Å²) in [6, 6.07) is 7.56. The zero-order valence-corrected chi connectivity index (χ0v) is 14.3. The van der Waals surface area contributed by atoms with E-state index >= 15 is 0 Å². The Labute approximate surface area is 139 Å². The summed E-state index contributed by atoms with van der Waals surface area (Å²) in [6.45, 7) is 5.01. The van der Waals surface area contributed by atoms with Crippen molar-refractivity contribution in [1.82, 2.24) is 5.32 Å². The van der Waals surface area contributed by atoms with Crippen LogP contribution in [0, 0.1) is 0 Å². The van der Waals surface area contributed by atoms with Gasteiger partial charge in [-0.25, -0.2) is 0 Å². The Bertz CT molecular complexity index is 525. The van der Waals surface area contributed by atoms with Crippen LogP contribution in [0.25, 0.3) is 0 Å². The van der Waals surface area contributed by atoms with Crippen molar-refractivity contribution in [2.75, 3.05) is 11.4 Å². The fourth-order valence-electron chi connectivity index (χ4n) is 2.95. The Hall–Kier alpha value is -1.84. The second-order valence-electron chi connectivity index (χ2n) is 6.42. The van der Waals surface area contributed by atoms with E-state index in [9.17, 15) is 9.59 Å². The van der Waals surface area contributed by atoms with E-state index < -0.39 is 0 Å². The van der Waals surface area contributed by atoms with Crippen LogP contribution in [-0.2, 0) is 4.79 Å². The third kappa shape index (κ3) is 5.08. The van der Waals surface area contributed by atoms with E-state index in [2.05, 4.69) is 12.2 Å². The molecule has 2 rings (SSSR count). The van der Waals surface area contributed by atoms with E-state index in [1.54, 1.807) is 0 Å². The Morgan fingerprint density at radius 1 is 1.22 bits per heavy atom. The number of amides is 2. The molecule has 4 nitrogen and oxygen atoms in total. The lowest BCUT2D eigenvalue weighted by atomic mass is 10.1. The number of rotatable bonds is 7. The highest BCUT2D eigenvalue weighted by Gasteiger charge is 2.19. The maximum atomic E-state index is 12.2. The lowest BCUT2D eigenvalue weighted by Gasteiger charge is -2.26. The molecular formula is C19H28N2O2. The highest BCUT2D eigenvalue weighted by atomic mass is 16.2. The molecule has 1 saturated heterocycles. The number of carbonyl (C=O) groups is 2. The maximum absolute atomic E-state index is 12.2. The molecule has 1 aromatic carbocycles. The molecule has 0 bridgehead atoms. The molecule has 1 aliphatic heterocycles. The van der Waals surface area contributed by atoms with Crippen molar-refractivity contribution >= 4 is 17.5 Å². The number of unbranched alkanes of at least 4 members (excludes halogenated alkanes) is 2. The summed E-state index contributed by atoms with van der Waals surface area (Å²) in [4.78, 5) is 26.0. The second-order valence-corrected chi connectivity index (χ2v) is 6.42. The third-order valence-electron chi connectivity index (χ3n) is 4.38. The normalized spacial score (nSPS) is 16.3. The molecule has 1 atom stereocenters. The molecule has 0 radical (unpaired) electrons. The summed E-state index contributed by atoms with van der Waals surface area (Å²) in [6.07, 6.45) is 7.20. The quantitative estimate of drug-likeness (QED) is 0.776. The molecule has 1 unspecified atom stereocenters. The standard InChI is InChI=1S/C19H28N2O2/c1-3-4-5-8-15(2)20-19(23)16-10-12-17(13-11-16)21-14-7-6-9-18(21)22/h10-13,15H,3-9,14H2,1-2H3,(H,20,23). The summed E-state index contributed by atoms with van der Waals surface area (Å²) >= 11 is 0. The average molecular weight is 316 g/mol. The van der Waals surface area contributed by atoms with Crippen LogP contribution in [-0.4, -0.2) is 24.4 Å². The van der Waals surface area contributed by atoms with Crippen molar-refractivity contribution in [2.45, 2.75) is 64.8 Å². The van der Waals surface area contributed by atoms with Crippen LogP contribution in [0.15, 0.2) is 24.3 Å². The molecule has 1 aliphatic rings. The van der Waals surface area contributed by atoms with E-state index in [1.165, 1.54) is 12.8 Å². The van der Waals surface area contributed by atoms with Gasteiger partial charge in [-0.05, 0) is 50.5 Å². The van der Waals surface area contributed by atoms with E-state index in [-0.39, 0.29) is 17.9 Å². The van der Waals surface area contributed by atoms with Crippen LogP contribution in [0.2, 0.25) is 0 Å². The van der Waals surface area contributed by atoms with Crippen molar-refractivity contribution in [3.8, 4) is 0 Å². The largest absolute Gasteiger partial charge is 0.350 e. The van der Waals surface area contributed by atoms with Crippen molar-refractivity contribution in [3.05, 3.63) is 29.8 Å². The molecule has 2 amide bonds. The van der Waals surface area contributed by atoms with Crippen LogP contribution < -0.4 is 10.2 Å². The van der Waals surface area contributed by atoms with Gasteiger partial charge in [0.05, 0.1) is 0 Å². The fourth-order valence-corrected chi connectivity index (χ4v) is 2.95. The predicted octanol–water partition coefficient (Wildman–Crippen LogP) is 3.90. The minimum absolute atomic E-state index is 0.0366. The van der Waals surface area contributed by atoms with Gasteiger partial charge in [0, 0.05) is 30.3 Å². The number of nitrogens with zero attached hydrogens (tertiary/aromatic N) is 1. The van der Waals surface area contributed by atoms with Gasteiger partial charge >= 0.3 is 0 Å². The first-order valence-electron chi connectivity index (χ1n) is 8.83. The van der Waals surface area contributed by atoms with Gasteiger partial charge in [-0.15, -0.1) is 0 Å². The molecule has 126 valence electrons. The van der Waals surface area contributed by atoms with Crippen molar-refractivity contribution in [3.63, 3.8) is 0 Å². The van der Waals surface area contributed by atoms with Crippen molar-refractivity contribution in [1.29, 1.82) is 0 Å². The summed E-state index contributed by atoms with van der Waals surface area (Å²) in [5.74, 6) is 0.142. The number of anilines is 1. The molecule has 23 heavy (non-hydrogen) atoms. The molecule has 0 aromatic heterocycles. The number of piperidine rings is 1. The van der Waals surface area contributed by atoms with Crippen LogP contribution >= 0.6 is 0 Å². The lowest BCUT2D eigenvalue weighted by Crippen LogP contribution is -2.35. The van der Waals surface area contributed by atoms with E-state index in [1.807, 2.05) is 36.1 Å². The first-order valence-corrected chi connectivity index (χ1v) is 8.83. The van der Waals surface area contributed by atoms with Gasteiger partial charge in [0.2, 0.25) is 5.91 Å². The highest BCUT2D eigenvalue weighted by molar-refractivity contribution is 5.97. The van der Waals surface area contributed by atoms with E-state index in [0.717, 1.165) is 37.9 Å². The van der Waals surface area contributed by atoms with Gasteiger partial charge in [-0.1, -0.05) is 26.2 Å². The fraction of sp³-hybridized carbons (Fsp3) is 0.579. The van der Waals surface area contributed by atoms with Crippen LogP contribution in [0.5, 0.6) is 0 Å². The number of benzene rings is 1. The molecule has 1 N–H and O–H groups in total. The zero-order chi connectivity index (χ0) is 16.7. The minimum Gasteiger partial charge on any atom is -0.350 e. The van der Waals surface area contributed by atoms with Gasteiger partial charge < -0.3 is 10.2 Å². The molecule has 1 fully saturated rings. The first kappa shape index (κ1) is 17.5. The number of hydrogen-bond donors (Lipinski definition) is 1. The molecule has 4 heteroatoms. The Morgan fingerprint density at radius 2 is 1.96 bits per heavy atom. The Balaban J connectivity index is 1.90. The highest BCUT2D eigenvalue weighted by Crippen LogP contribution is 2.21. The van der Waals surface area contributed by atoms with Gasteiger partial charge in [-0.3, -0.25) is 9.59 Å². The molecule has 1 aromatic rings. The predicted molar refractivity (Wildman–Crippen MR) is 93.7 cm³/mol. The smallest absolute Gasteiger partial charge is 0.251 e. The molecular weight excluding hydrogens is 288 g/mol. The van der Waals surface area contributed by atoms with Crippen molar-refractivity contribution in [2.24, 2.45) is 0 Å². The van der Waals surface area contributed by atoms with E-state index in [0.29, 0.717) is 12.0 Å². The number of carbonyl (C=O) groups excluding carboxylic acids is 2. The zero-order valence-electron chi connectivity index (χ0n) is 14.3. The Kier molecular flexibility index (Phi) is 6.63. The average Bonchev–Trinajstić information content (AvgIpc) is 2.56. The lowest BCUT2D eigenvalue weighted by molar-refractivity contribution is -0.119. The van der Waals surface area contributed by atoms with Crippen molar-refractivity contribution < 1.29 is 9.59 Å². The number of hydrogen-bond acceptors (Lipinski definition) is 2. The molecule has 0 aliphatic carbocycles. The van der Waals surface area contributed by atoms with Crippen LogP contribution in [0.1, 0.15) is 69.2 Å². The Morgan fingerprint density at radius 3 is 2.61 bits per heavy atom. The van der Waals surface area contributed by atoms with Crippen LogP contribution in [0.3, 0.4) is 0 Å². The summed E-state index contributed by atoms with van der Waals surface area (Å²) in [7, 11) is 0. The van der Waals surface area contributed by atoms with Gasteiger partial charge in [-0.2, -0.15) is 0 Å². The number of nitrogens with one attached hydrogen (secondary N) is 1. The van der Waals surface area contributed by atoms with E-state index in [4.69, 9.17) is 0 Å². The summed E-state index contributed by atoms with van der Waals surface area (Å²) < 4.78 is 0. The summed E-state index contributed by atoms with van der Waals surface area (Å²) in [5, 5.41) is 3.04. The second kappa shape index (κ2) is 8.70. The monoisotopic (exact) mass is 316 g/mol. The SMILES string of the molecule is CCCCCC(C)NC(=O)c1ccc(N2CCCCC2=O)cc1. The maximum Gasteiger partial charge on any atom is 0.251 e. The molecule has 1 heterocycles. The minimum atomic E-state index is -0.0366. The van der Waals surface area contributed by atoms with Gasteiger partial charge in [0.15, 0.2) is 0 Å². The summed E-state index contributed by atoms with van der Waals surface area (Å²) in [5.41, 5.74) is 1.54. The van der Waals surface area contributed by atoms with Gasteiger partial charge in [0.1, 0.15) is 0 Å². The topological polar surface area (TPSA) is 49.4 Å². The first-order chi connectivity index (χ1) is 11.1. The van der Waals surface area contributed by atoms with Crippen LogP contribution in [0.4, 0.5) is 5.69 Å². The van der Waals surface area contributed by atoms with Gasteiger partial charge in [0.25, 0.3) is 5.91 Å².